The number of carbonyl (C=O) groups excluding carboxylic acids is 1. The molecule has 0 fully saturated rings. The molecule has 1 unspecified atom stereocenters. The number of carbonyl (C=O) groups is 1. The van der Waals surface area contributed by atoms with Crippen molar-refractivity contribution in [2.45, 2.75) is 0 Å². The quantitative estimate of drug-likeness (QED) is 0.654. The molecule has 0 aromatic heterocycles. The zero-order valence-electron chi connectivity index (χ0n) is 8.18. The standard InChI is InChI=1S/C12H6N2OS/c13-6-7-1-2-8-10(5-7)14-12(15)9-3-4-16-11(8)9/h1-5,9H. The van der Waals surface area contributed by atoms with Crippen molar-refractivity contribution in [3.05, 3.63) is 45.8 Å². The predicted octanol–water partition coefficient (Wildman–Crippen LogP) is 0.703. The van der Waals surface area contributed by atoms with Crippen LogP contribution >= 0.6 is 11.8 Å². The molecule has 76 valence electrons. The number of hydrogen-bond donors (Lipinski definition) is 0. The van der Waals surface area contributed by atoms with E-state index in [0.717, 1.165) is 10.1 Å². The molecule has 2 aliphatic rings. The number of rotatable bonds is 0. The van der Waals surface area contributed by atoms with Crippen molar-refractivity contribution in [1.29, 1.82) is 5.26 Å². The van der Waals surface area contributed by atoms with Crippen LogP contribution in [0.25, 0.3) is 4.91 Å². The minimum atomic E-state index is -0.203. The lowest BCUT2D eigenvalue weighted by Crippen LogP contribution is -2.35. The Morgan fingerprint density at radius 1 is 1.44 bits per heavy atom. The fourth-order valence-electron chi connectivity index (χ4n) is 1.87. The van der Waals surface area contributed by atoms with Crippen molar-refractivity contribution < 1.29 is 4.79 Å². The van der Waals surface area contributed by atoms with Gasteiger partial charge in [-0.25, -0.2) is 4.99 Å². The van der Waals surface area contributed by atoms with E-state index in [9.17, 15) is 4.79 Å². The topological polar surface area (TPSA) is 53.2 Å². The van der Waals surface area contributed by atoms with Crippen LogP contribution in [0.1, 0.15) is 5.56 Å². The van der Waals surface area contributed by atoms with Gasteiger partial charge in [-0.15, -0.1) is 11.8 Å². The van der Waals surface area contributed by atoms with Gasteiger partial charge in [0.2, 0.25) is 0 Å². The van der Waals surface area contributed by atoms with Gasteiger partial charge in [-0.05, 0) is 17.5 Å². The summed E-state index contributed by atoms with van der Waals surface area (Å²) < 4.78 is 0. The van der Waals surface area contributed by atoms with Gasteiger partial charge in [-0.3, -0.25) is 4.79 Å². The summed E-state index contributed by atoms with van der Waals surface area (Å²) in [6.45, 7) is 0. The summed E-state index contributed by atoms with van der Waals surface area (Å²) in [5.74, 6) is -0.343. The SMILES string of the molecule is N#Cc1ccc2c(c1)=NC(=O)C1C=CSC=21. The Hall–Kier alpha value is -1.86. The lowest BCUT2D eigenvalue weighted by molar-refractivity contribution is -0.119. The summed E-state index contributed by atoms with van der Waals surface area (Å²) in [5, 5.41) is 12.3. The number of thioether (sulfide) groups is 1. The van der Waals surface area contributed by atoms with Gasteiger partial charge in [0.05, 0.1) is 22.9 Å². The van der Waals surface area contributed by atoms with Gasteiger partial charge in [-0.1, -0.05) is 12.1 Å². The smallest absolute Gasteiger partial charge is 0.258 e. The van der Waals surface area contributed by atoms with E-state index in [-0.39, 0.29) is 11.8 Å². The lowest BCUT2D eigenvalue weighted by Gasteiger charge is -2.10. The van der Waals surface area contributed by atoms with E-state index in [4.69, 9.17) is 5.26 Å². The van der Waals surface area contributed by atoms with Crippen molar-refractivity contribution in [2.24, 2.45) is 10.9 Å². The van der Waals surface area contributed by atoms with Gasteiger partial charge in [-0.2, -0.15) is 5.26 Å². The van der Waals surface area contributed by atoms with Gasteiger partial charge in [0, 0.05) is 10.1 Å². The molecule has 0 saturated heterocycles. The molecule has 0 radical (unpaired) electrons. The largest absolute Gasteiger partial charge is 0.271 e. The van der Waals surface area contributed by atoms with E-state index < -0.39 is 0 Å². The molecule has 1 aromatic carbocycles. The van der Waals surface area contributed by atoms with Crippen LogP contribution in [0, 0.1) is 17.2 Å². The Morgan fingerprint density at radius 2 is 2.31 bits per heavy atom. The zero-order chi connectivity index (χ0) is 11.1. The summed E-state index contributed by atoms with van der Waals surface area (Å²) in [7, 11) is 0. The second kappa shape index (κ2) is 3.32. The lowest BCUT2D eigenvalue weighted by atomic mass is 10.0. The van der Waals surface area contributed by atoms with Crippen LogP contribution in [0.5, 0.6) is 0 Å². The van der Waals surface area contributed by atoms with Crippen LogP contribution < -0.4 is 10.6 Å². The number of nitriles is 1. The average molecular weight is 226 g/mol. The second-order valence-corrected chi connectivity index (χ2v) is 4.53. The summed E-state index contributed by atoms with van der Waals surface area (Å²) in [6, 6.07) is 7.33. The Bertz CT molecular complexity index is 682. The van der Waals surface area contributed by atoms with Crippen molar-refractivity contribution in [3.8, 4) is 6.07 Å². The number of nitrogens with zero attached hydrogens (tertiary/aromatic N) is 2. The third-order valence-corrected chi connectivity index (χ3v) is 3.66. The normalized spacial score (nSPS) is 21.1. The van der Waals surface area contributed by atoms with Crippen molar-refractivity contribution in [3.63, 3.8) is 0 Å². The van der Waals surface area contributed by atoms with E-state index in [1.165, 1.54) is 0 Å². The predicted molar refractivity (Wildman–Crippen MR) is 60.6 cm³/mol. The van der Waals surface area contributed by atoms with Crippen LogP contribution in [0.2, 0.25) is 0 Å². The molecule has 0 aliphatic carbocycles. The minimum absolute atomic E-state index is 0.140. The summed E-state index contributed by atoms with van der Waals surface area (Å²) >= 11 is 1.56. The average Bonchev–Trinajstić information content (AvgIpc) is 2.78. The maximum absolute atomic E-state index is 11.7. The molecule has 4 heteroatoms. The number of hydrogen-bond acceptors (Lipinski definition) is 3. The summed E-state index contributed by atoms with van der Waals surface area (Å²) in [4.78, 5) is 16.8. The molecule has 3 nitrogen and oxygen atoms in total. The van der Waals surface area contributed by atoms with E-state index in [2.05, 4.69) is 4.99 Å². The molecule has 2 heterocycles. The molecule has 1 amide bonds. The first-order valence-electron chi connectivity index (χ1n) is 4.80. The molecule has 0 spiro atoms. The Kier molecular flexibility index (Phi) is 1.95. The molecule has 16 heavy (non-hydrogen) atoms. The maximum atomic E-state index is 11.7. The number of amides is 1. The van der Waals surface area contributed by atoms with Gasteiger partial charge in [0.1, 0.15) is 0 Å². The van der Waals surface area contributed by atoms with Gasteiger partial charge < -0.3 is 0 Å². The third kappa shape index (κ3) is 1.22. The molecule has 1 atom stereocenters. The highest BCUT2D eigenvalue weighted by Crippen LogP contribution is 2.35. The van der Waals surface area contributed by atoms with Gasteiger partial charge in [0.15, 0.2) is 0 Å². The zero-order valence-corrected chi connectivity index (χ0v) is 8.99. The Balaban J connectivity index is 2.39. The molecule has 0 N–H and O–H groups in total. The minimum Gasteiger partial charge on any atom is -0.271 e. The van der Waals surface area contributed by atoms with Crippen LogP contribution in [0.15, 0.2) is 34.7 Å². The van der Waals surface area contributed by atoms with Crippen molar-refractivity contribution in [1.82, 2.24) is 0 Å². The molecular weight excluding hydrogens is 220 g/mol. The molecule has 0 saturated carbocycles. The highest BCUT2D eigenvalue weighted by molar-refractivity contribution is 8.10. The van der Waals surface area contributed by atoms with Crippen molar-refractivity contribution in [2.75, 3.05) is 0 Å². The highest BCUT2D eigenvalue weighted by Gasteiger charge is 2.27. The Morgan fingerprint density at radius 3 is 3.12 bits per heavy atom. The summed E-state index contributed by atoms with van der Waals surface area (Å²) in [5.41, 5.74) is 0.533. The Labute approximate surface area is 95.8 Å². The molecule has 2 aliphatic heterocycles. The molecule has 3 rings (SSSR count). The van der Waals surface area contributed by atoms with Gasteiger partial charge in [0.25, 0.3) is 5.91 Å². The van der Waals surface area contributed by atoms with E-state index >= 15 is 0 Å². The van der Waals surface area contributed by atoms with Crippen LogP contribution in [-0.4, -0.2) is 5.91 Å². The summed E-state index contributed by atoms with van der Waals surface area (Å²) in [6.07, 6.45) is 1.87. The first-order chi connectivity index (χ1) is 7.79. The number of fused-ring (bicyclic) bond motifs is 2. The molecular formula is C12H6N2OS. The second-order valence-electron chi connectivity index (χ2n) is 3.58. The molecule has 0 bridgehead atoms. The fourth-order valence-corrected chi connectivity index (χ4v) is 2.88. The van der Waals surface area contributed by atoms with E-state index in [1.807, 2.05) is 23.6 Å². The number of benzene rings is 1. The molecule has 1 aromatic rings. The van der Waals surface area contributed by atoms with Gasteiger partial charge >= 0.3 is 0 Å². The van der Waals surface area contributed by atoms with Crippen molar-refractivity contribution >= 4 is 22.6 Å². The van der Waals surface area contributed by atoms with Crippen LogP contribution in [0.3, 0.4) is 0 Å². The third-order valence-electron chi connectivity index (χ3n) is 2.64. The highest BCUT2D eigenvalue weighted by atomic mass is 32.2. The van der Waals surface area contributed by atoms with E-state index in [1.54, 1.807) is 23.9 Å². The fraction of sp³-hybridized carbons (Fsp3) is 0.0833. The first-order valence-corrected chi connectivity index (χ1v) is 5.68. The maximum Gasteiger partial charge on any atom is 0.258 e. The first kappa shape index (κ1) is 9.37. The van der Waals surface area contributed by atoms with Crippen LogP contribution in [0.4, 0.5) is 0 Å². The van der Waals surface area contributed by atoms with E-state index in [0.29, 0.717) is 10.9 Å². The van der Waals surface area contributed by atoms with Crippen LogP contribution in [-0.2, 0) is 4.79 Å². The monoisotopic (exact) mass is 226 g/mol.